The van der Waals surface area contributed by atoms with Crippen LogP contribution in [0.3, 0.4) is 0 Å². The van der Waals surface area contributed by atoms with Crippen molar-refractivity contribution in [3.05, 3.63) is 47.5 Å². The van der Waals surface area contributed by atoms with E-state index in [1.54, 1.807) is 42.0 Å². The van der Waals surface area contributed by atoms with Crippen molar-refractivity contribution in [1.82, 2.24) is 14.4 Å². The Hall–Kier alpha value is -4.21. The van der Waals surface area contributed by atoms with E-state index in [2.05, 4.69) is 16.7 Å². The molecule has 0 spiro atoms. The van der Waals surface area contributed by atoms with E-state index in [1.165, 1.54) is 40.0 Å². The standard InChI is InChI=1S/C37H49N3O7/c1-37(2,3)47-36(43)39(5)20-18-31(41)38(4)21-23-46-35(42)26-16-17-27-29(24-26)40-19-11-22-45-34-28(14-10-15-30(34)44-6)33(40)32(27)25-12-8-7-9-13-25/h10,14-17,24-25H,7-9,11-13,18-23H2,1-6H3. The highest BCUT2D eigenvalue weighted by atomic mass is 16.6. The van der Waals surface area contributed by atoms with Crippen LogP contribution in [-0.2, 0) is 20.8 Å². The van der Waals surface area contributed by atoms with Crippen LogP contribution in [0.2, 0.25) is 0 Å². The quantitative estimate of drug-likeness (QED) is 0.230. The van der Waals surface area contributed by atoms with Gasteiger partial charge in [-0.2, -0.15) is 0 Å². The van der Waals surface area contributed by atoms with E-state index >= 15 is 0 Å². The van der Waals surface area contributed by atoms with Gasteiger partial charge < -0.3 is 33.3 Å². The minimum atomic E-state index is -0.605. The molecular formula is C37H49N3O7. The SMILES string of the molecule is COc1cccc2c1OCCCn1c-2c(C2CCCCC2)c2ccc(C(=O)OCCN(C)C(=O)CCN(C)C(=O)OC(C)(C)C)cc21. The lowest BCUT2D eigenvalue weighted by atomic mass is 9.81. The number of aryl methyl sites for hydroxylation is 1. The summed E-state index contributed by atoms with van der Waals surface area (Å²) in [6, 6.07) is 12.0. The van der Waals surface area contributed by atoms with Crippen LogP contribution in [0.1, 0.15) is 87.6 Å². The van der Waals surface area contributed by atoms with E-state index in [-0.39, 0.29) is 32.0 Å². The van der Waals surface area contributed by atoms with Crippen LogP contribution in [0.15, 0.2) is 36.4 Å². The van der Waals surface area contributed by atoms with Crippen LogP contribution in [-0.4, -0.2) is 85.4 Å². The Morgan fingerprint density at radius 1 is 0.979 bits per heavy atom. The predicted octanol–water partition coefficient (Wildman–Crippen LogP) is 7.02. The summed E-state index contributed by atoms with van der Waals surface area (Å²) in [7, 11) is 4.94. The van der Waals surface area contributed by atoms with Gasteiger partial charge in [0.05, 0.1) is 31.5 Å². The van der Waals surface area contributed by atoms with Gasteiger partial charge in [0.1, 0.15) is 12.2 Å². The van der Waals surface area contributed by atoms with Crippen molar-refractivity contribution in [2.75, 3.05) is 47.5 Å². The summed E-state index contributed by atoms with van der Waals surface area (Å²) in [6.07, 6.45) is 6.44. The van der Waals surface area contributed by atoms with E-state index in [4.69, 9.17) is 18.9 Å². The number of aromatic nitrogens is 1. The minimum absolute atomic E-state index is 0.0606. The van der Waals surface area contributed by atoms with Crippen LogP contribution in [0.4, 0.5) is 4.79 Å². The average Bonchev–Trinajstić information content (AvgIpc) is 3.36. The summed E-state index contributed by atoms with van der Waals surface area (Å²) >= 11 is 0. The number of esters is 1. The first-order valence-electron chi connectivity index (χ1n) is 16.8. The molecule has 0 N–H and O–H groups in total. The number of methoxy groups -OCH3 is 1. The Bertz CT molecular complexity index is 1600. The molecule has 0 saturated heterocycles. The highest BCUT2D eigenvalue weighted by molar-refractivity contribution is 5.99. The molecule has 0 unspecified atom stereocenters. The fourth-order valence-corrected chi connectivity index (χ4v) is 6.61. The maximum Gasteiger partial charge on any atom is 0.410 e. The molecule has 1 saturated carbocycles. The van der Waals surface area contributed by atoms with E-state index < -0.39 is 17.7 Å². The maximum absolute atomic E-state index is 13.3. The van der Waals surface area contributed by atoms with Gasteiger partial charge in [0, 0.05) is 50.1 Å². The monoisotopic (exact) mass is 647 g/mol. The Labute approximate surface area is 277 Å². The number of carbonyl (C=O) groups is 3. The summed E-state index contributed by atoms with van der Waals surface area (Å²) in [5.74, 6) is 1.34. The zero-order valence-corrected chi connectivity index (χ0v) is 28.7. The molecule has 2 heterocycles. The molecule has 47 heavy (non-hydrogen) atoms. The Kier molecular flexibility index (Phi) is 10.7. The smallest absolute Gasteiger partial charge is 0.410 e. The molecule has 254 valence electrons. The Morgan fingerprint density at radius 2 is 1.74 bits per heavy atom. The summed E-state index contributed by atoms with van der Waals surface area (Å²) in [4.78, 5) is 41.1. The van der Waals surface area contributed by atoms with Crippen LogP contribution in [0.5, 0.6) is 11.5 Å². The second-order valence-electron chi connectivity index (χ2n) is 13.6. The van der Waals surface area contributed by atoms with Gasteiger partial charge in [-0.1, -0.05) is 31.4 Å². The molecule has 1 aliphatic heterocycles. The van der Waals surface area contributed by atoms with Gasteiger partial charge in [-0.3, -0.25) is 4.79 Å². The molecule has 0 radical (unpaired) electrons. The molecular weight excluding hydrogens is 598 g/mol. The van der Waals surface area contributed by atoms with Crippen LogP contribution < -0.4 is 9.47 Å². The number of nitrogens with zero attached hydrogens (tertiary/aromatic N) is 3. The largest absolute Gasteiger partial charge is 0.493 e. The number of carbonyl (C=O) groups excluding carboxylic acids is 3. The summed E-state index contributed by atoms with van der Waals surface area (Å²) < 4.78 is 25.3. The van der Waals surface area contributed by atoms with Gasteiger partial charge in [0.15, 0.2) is 11.5 Å². The molecule has 0 atom stereocenters. The zero-order valence-electron chi connectivity index (χ0n) is 28.7. The van der Waals surface area contributed by atoms with Crippen LogP contribution in [0, 0.1) is 0 Å². The van der Waals surface area contributed by atoms with E-state index in [0.717, 1.165) is 54.1 Å². The fourth-order valence-electron chi connectivity index (χ4n) is 6.61. The molecule has 0 bridgehead atoms. The number of hydrogen-bond acceptors (Lipinski definition) is 7. The first-order valence-corrected chi connectivity index (χ1v) is 16.8. The first-order chi connectivity index (χ1) is 22.5. The first kappa shape index (κ1) is 34.1. The third-order valence-electron chi connectivity index (χ3n) is 9.03. The number of rotatable bonds is 9. The van der Waals surface area contributed by atoms with E-state index in [0.29, 0.717) is 18.1 Å². The lowest BCUT2D eigenvalue weighted by molar-refractivity contribution is -0.130. The summed E-state index contributed by atoms with van der Waals surface area (Å²) in [6.45, 7) is 7.26. The van der Waals surface area contributed by atoms with Gasteiger partial charge in [0.25, 0.3) is 0 Å². The summed E-state index contributed by atoms with van der Waals surface area (Å²) in [5, 5.41) is 1.17. The predicted molar refractivity (Wildman–Crippen MR) is 181 cm³/mol. The molecule has 2 amide bonds. The van der Waals surface area contributed by atoms with E-state index in [9.17, 15) is 14.4 Å². The summed E-state index contributed by atoms with van der Waals surface area (Å²) in [5.41, 5.74) is 4.40. The number of benzene rings is 2. The Morgan fingerprint density at radius 3 is 2.47 bits per heavy atom. The molecule has 1 fully saturated rings. The highest BCUT2D eigenvalue weighted by Crippen LogP contribution is 2.49. The molecule has 1 aromatic heterocycles. The van der Waals surface area contributed by atoms with Crippen molar-refractivity contribution in [2.45, 2.75) is 83.8 Å². The molecule has 5 rings (SSSR count). The zero-order chi connectivity index (χ0) is 33.7. The second-order valence-corrected chi connectivity index (χ2v) is 13.6. The topological polar surface area (TPSA) is 99.5 Å². The van der Waals surface area contributed by atoms with Crippen molar-refractivity contribution in [3.8, 4) is 22.8 Å². The third-order valence-corrected chi connectivity index (χ3v) is 9.03. The average molecular weight is 648 g/mol. The molecule has 2 aliphatic rings. The molecule has 3 aromatic rings. The van der Waals surface area contributed by atoms with Gasteiger partial charge in [-0.15, -0.1) is 0 Å². The number of fused-ring (bicyclic) bond motifs is 5. The van der Waals surface area contributed by atoms with Crippen LogP contribution >= 0.6 is 0 Å². The molecule has 1 aliphatic carbocycles. The van der Waals surface area contributed by atoms with Gasteiger partial charge in [0.2, 0.25) is 5.91 Å². The normalized spacial score (nSPS) is 15.0. The minimum Gasteiger partial charge on any atom is -0.493 e. The van der Waals surface area contributed by atoms with Crippen LogP contribution in [0.25, 0.3) is 22.2 Å². The van der Waals surface area contributed by atoms with Gasteiger partial charge >= 0.3 is 12.1 Å². The van der Waals surface area contributed by atoms with Crippen molar-refractivity contribution in [2.24, 2.45) is 0 Å². The van der Waals surface area contributed by atoms with Crippen molar-refractivity contribution in [1.29, 1.82) is 0 Å². The number of hydrogen-bond donors (Lipinski definition) is 0. The van der Waals surface area contributed by atoms with Crippen molar-refractivity contribution < 1.29 is 33.3 Å². The lowest BCUT2D eigenvalue weighted by Gasteiger charge is -2.26. The number of para-hydroxylation sites is 1. The Balaban J connectivity index is 1.32. The number of amides is 2. The number of likely N-dealkylation sites (N-methyl/N-ethyl adjacent to an activating group) is 1. The third kappa shape index (κ3) is 7.85. The van der Waals surface area contributed by atoms with Gasteiger partial charge in [-0.25, -0.2) is 9.59 Å². The molecule has 10 heteroatoms. The highest BCUT2D eigenvalue weighted by Gasteiger charge is 2.30. The van der Waals surface area contributed by atoms with Crippen molar-refractivity contribution in [3.63, 3.8) is 0 Å². The van der Waals surface area contributed by atoms with Gasteiger partial charge in [-0.05, 0) is 75.8 Å². The molecule has 2 aromatic carbocycles. The number of ether oxygens (including phenoxy) is 4. The fraction of sp³-hybridized carbons (Fsp3) is 0.541. The molecule has 10 nitrogen and oxygen atoms in total. The van der Waals surface area contributed by atoms with E-state index in [1.807, 2.05) is 24.3 Å². The maximum atomic E-state index is 13.3. The second kappa shape index (κ2) is 14.7. The lowest BCUT2D eigenvalue weighted by Crippen LogP contribution is -2.37. The van der Waals surface area contributed by atoms with Crippen molar-refractivity contribution >= 4 is 28.9 Å².